The fourth-order valence-electron chi connectivity index (χ4n) is 4.36. The number of pyridine rings is 1. The van der Waals surface area contributed by atoms with Crippen molar-refractivity contribution in [3.05, 3.63) is 33.2 Å². The summed E-state index contributed by atoms with van der Waals surface area (Å²) in [5.74, 6) is 0.269. The second-order valence-electron chi connectivity index (χ2n) is 7.54. The Morgan fingerprint density at radius 2 is 2.17 bits per heavy atom. The van der Waals surface area contributed by atoms with Crippen molar-refractivity contribution in [1.29, 1.82) is 0 Å². The quantitative estimate of drug-likeness (QED) is 0.868. The number of aromatic amines is 1. The Labute approximate surface area is 135 Å². The molecule has 0 unspecified atom stereocenters. The maximum Gasteiger partial charge on any atom is 0.261 e. The van der Waals surface area contributed by atoms with Crippen LogP contribution in [0, 0.1) is 11.8 Å². The highest BCUT2D eigenvalue weighted by molar-refractivity contribution is 5.94. The molecule has 3 aliphatic rings. The van der Waals surface area contributed by atoms with Gasteiger partial charge in [-0.3, -0.25) is 9.59 Å². The summed E-state index contributed by atoms with van der Waals surface area (Å²) in [6.07, 6.45) is 5.68. The smallest absolute Gasteiger partial charge is 0.261 e. The summed E-state index contributed by atoms with van der Waals surface area (Å²) in [6, 6.07) is 1.79. The van der Waals surface area contributed by atoms with Gasteiger partial charge in [-0.2, -0.15) is 0 Å². The summed E-state index contributed by atoms with van der Waals surface area (Å²) < 4.78 is 0. The highest BCUT2D eigenvalue weighted by Crippen LogP contribution is 2.47. The zero-order valence-corrected chi connectivity index (χ0v) is 13.6. The second-order valence-corrected chi connectivity index (χ2v) is 7.54. The van der Waals surface area contributed by atoms with Crippen LogP contribution < -0.4 is 5.56 Å². The fraction of sp³-hybridized carbons (Fsp3) is 0.667. The number of carbonyl (C=O) groups excluding carboxylic acids is 1. The molecular formula is C18H24N2O3. The standard InChI is InChI=1S/C18H24N2O3/c1-11-10-20(8-7-18(11,23)13-5-6-13)17(22)14-9-12-3-2-4-15(12)19-16(14)21/h9,11,13,23H,2-8,10H2,1H3,(H,19,21)/t11-,18+/m1/s1. The van der Waals surface area contributed by atoms with E-state index in [0.29, 0.717) is 25.4 Å². The van der Waals surface area contributed by atoms with Crippen molar-refractivity contribution in [2.75, 3.05) is 13.1 Å². The van der Waals surface area contributed by atoms with Crippen molar-refractivity contribution in [3.8, 4) is 0 Å². The van der Waals surface area contributed by atoms with Gasteiger partial charge in [0.2, 0.25) is 0 Å². The van der Waals surface area contributed by atoms with E-state index < -0.39 is 5.60 Å². The molecule has 2 N–H and O–H groups in total. The molecule has 2 atom stereocenters. The molecule has 0 aromatic carbocycles. The first-order chi connectivity index (χ1) is 11.0. The number of hydrogen-bond acceptors (Lipinski definition) is 3. The van der Waals surface area contributed by atoms with Gasteiger partial charge in [0.25, 0.3) is 11.5 Å². The number of H-pyrrole nitrogens is 1. The molecular weight excluding hydrogens is 292 g/mol. The SMILES string of the molecule is C[C@@H]1CN(C(=O)c2cc3c([nH]c2=O)CCC3)CC[C@@]1(O)C1CC1. The van der Waals surface area contributed by atoms with Gasteiger partial charge in [0.1, 0.15) is 5.56 Å². The first-order valence-electron chi connectivity index (χ1n) is 8.76. The number of likely N-dealkylation sites (tertiary alicyclic amines) is 1. The van der Waals surface area contributed by atoms with Crippen LogP contribution in [0.15, 0.2) is 10.9 Å². The van der Waals surface area contributed by atoms with Crippen molar-refractivity contribution in [1.82, 2.24) is 9.88 Å². The number of piperidine rings is 1. The number of aliphatic hydroxyl groups is 1. The number of nitrogens with one attached hydrogen (secondary N) is 1. The number of amides is 1. The first kappa shape index (κ1) is 14.9. The largest absolute Gasteiger partial charge is 0.389 e. The van der Waals surface area contributed by atoms with Gasteiger partial charge in [-0.25, -0.2) is 0 Å². The Morgan fingerprint density at radius 1 is 1.39 bits per heavy atom. The Bertz CT molecular complexity index is 707. The minimum absolute atomic E-state index is 0.0567. The molecule has 2 aliphatic carbocycles. The molecule has 2 heterocycles. The summed E-state index contributed by atoms with van der Waals surface area (Å²) in [7, 11) is 0. The maximum absolute atomic E-state index is 12.8. The van der Waals surface area contributed by atoms with Crippen LogP contribution in [0.3, 0.4) is 0 Å². The lowest BCUT2D eigenvalue weighted by Gasteiger charge is -2.43. The van der Waals surface area contributed by atoms with E-state index in [4.69, 9.17) is 0 Å². The number of aromatic nitrogens is 1. The summed E-state index contributed by atoms with van der Waals surface area (Å²) in [4.78, 5) is 29.6. The van der Waals surface area contributed by atoms with E-state index in [0.717, 1.165) is 43.4 Å². The third-order valence-electron chi connectivity index (χ3n) is 6.02. The average molecular weight is 316 g/mol. The number of nitrogens with zero attached hydrogens (tertiary/aromatic N) is 1. The molecule has 1 aromatic rings. The number of carbonyl (C=O) groups is 1. The second kappa shape index (κ2) is 5.20. The van der Waals surface area contributed by atoms with Crippen LogP contribution in [0.2, 0.25) is 0 Å². The topological polar surface area (TPSA) is 73.4 Å². The molecule has 5 heteroatoms. The van der Waals surface area contributed by atoms with Crippen molar-refractivity contribution < 1.29 is 9.90 Å². The van der Waals surface area contributed by atoms with E-state index in [-0.39, 0.29) is 22.9 Å². The van der Waals surface area contributed by atoms with Crippen molar-refractivity contribution >= 4 is 5.91 Å². The lowest BCUT2D eigenvalue weighted by molar-refractivity contribution is -0.0752. The number of hydrogen-bond donors (Lipinski definition) is 2. The van der Waals surface area contributed by atoms with Crippen LogP contribution in [-0.2, 0) is 12.8 Å². The van der Waals surface area contributed by atoms with E-state index in [1.165, 1.54) is 0 Å². The number of fused-ring (bicyclic) bond motifs is 1. The third-order valence-corrected chi connectivity index (χ3v) is 6.02. The number of rotatable bonds is 2. The molecule has 1 saturated carbocycles. The molecule has 0 bridgehead atoms. The van der Waals surface area contributed by atoms with Gasteiger partial charge >= 0.3 is 0 Å². The van der Waals surface area contributed by atoms with Crippen molar-refractivity contribution in [2.45, 2.75) is 51.0 Å². The van der Waals surface area contributed by atoms with E-state index >= 15 is 0 Å². The molecule has 124 valence electrons. The van der Waals surface area contributed by atoms with Gasteiger partial charge in [0.05, 0.1) is 5.60 Å². The van der Waals surface area contributed by atoms with E-state index in [1.807, 2.05) is 6.92 Å². The fourth-order valence-corrected chi connectivity index (χ4v) is 4.36. The Balaban J connectivity index is 1.55. The molecule has 4 rings (SSSR count). The van der Waals surface area contributed by atoms with Gasteiger partial charge in [0, 0.05) is 24.7 Å². The predicted molar refractivity (Wildman–Crippen MR) is 86.4 cm³/mol. The first-order valence-corrected chi connectivity index (χ1v) is 8.76. The minimum Gasteiger partial charge on any atom is -0.389 e. The van der Waals surface area contributed by atoms with Crippen molar-refractivity contribution in [3.63, 3.8) is 0 Å². The zero-order valence-electron chi connectivity index (χ0n) is 13.6. The Hall–Kier alpha value is -1.62. The molecule has 0 radical (unpaired) electrons. The van der Waals surface area contributed by atoms with Gasteiger partial charge < -0.3 is 15.0 Å². The van der Waals surface area contributed by atoms with Crippen LogP contribution in [0.1, 0.15) is 54.2 Å². The monoisotopic (exact) mass is 316 g/mol. The van der Waals surface area contributed by atoms with Gasteiger partial charge in [-0.15, -0.1) is 0 Å². The van der Waals surface area contributed by atoms with E-state index in [9.17, 15) is 14.7 Å². The van der Waals surface area contributed by atoms with Crippen LogP contribution in [0.25, 0.3) is 0 Å². The molecule has 1 amide bonds. The summed E-state index contributed by atoms with van der Waals surface area (Å²) in [6.45, 7) is 3.08. The van der Waals surface area contributed by atoms with Crippen LogP contribution in [0.4, 0.5) is 0 Å². The van der Waals surface area contributed by atoms with Crippen LogP contribution in [-0.4, -0.2) is 39.6 Å². The molecule has 0 spiro atoms. The average Bonchev–Trinajstić information content (AvgIpc) is 3.29. The predicted octanol–water partition coefficient (Wildman–Crippen LogP) is 1.49. The molecule has 1 aromatic heterocycles. The highest BCUT2D eigenvalue weighted by Gasteiger charge is 2.50. The normalized spacial score (nSPS) is 30.3. The third kappa shape index (κ3) is 2.42. The van der Waals surface area contributed by atoms with Gasteiger partial charge in [-0.05, 0) is 56.1 Å². The summed E-state index contributed by atoms with van der Waals surface area (Å²) in [5.41, 5.74) is 1.46. The summed E-state index contributed by atoms with van der Waals surface area (Å²) >= 11 is 0. The maximum atomic E-state index is 12.8. The Kier molecular flexibility index (Phi) is 3.38. The van der Waals surface area contributed by atoms with Gasteiger partial charge in [-0.1, -0.05) is 6.92 Å². The van der Waals surface area contributed by atoms with Crippen molar-refractivity contribution in [2.24, 2.45) is 11.8 Å². The molecule has 23 heavy (non-hydrogen) atoms. The lowest BCUT2D eigenvalue weighted by Crippen LogP contribution is -2.54. The Morgan fingerprint density at radius 3 is 2.87 bits per heavy atom. The molecule has 2 fully saturated rings. The number of aryl methyl sites for hydroxylation is 2. The molecule has 1 aliphatic heterocycles. The van der Waals surface area contributed by atoms with Crippen LogP contribution >= 0.6 is 0 Å². The molecule has 1 saturated heterocycles. The highest BCUT2D eigenvalue weighted by atomic mass is 16.3. The minimum atomic E-state index is -0.624. The van der Waals surface area contributed by atoms with E-state index in [2.05, 4.69) is 4.98 Å². The summed E-state index contributed by atoms with van der Waals surface area (Å²) in [5, 5.41) is 10.8. The van der Waals surface area contributed by atoms with E-state index in [1.54, 1.807) is 11.0 Å². The zero-order chi connectivity index (χ0) is 16.2. The lowest BCUT2D eigenvalue weighted by atomic mass is 9.78. The van der Waals surface area contributed by atoms with Gasteiger partial charge in [0.15, 0.2) is 0 Å². The molecule has 5 nitrogen and oxygen atoms in total. The van der Waals surface area contributed by atoms with Crippen LogP contribution in [0.5, 0.6) is 0 Å².